The molecular weight excluding hydrogens is 268 g/mol. The van der Waals surface area contributed by atoms with Crippen molar-refractivity contribution in [3.63, 3.8) is 0 Å². The molecular formula is C16H20N2O3. The monoisotopic (exact) mass is 288 g/mol. The number of aliphatic hydroxyl groups excluding tert-OH is 1. The van der Waals surface area contributed by atoms with Crippen LogP contribution in [0.1, 0.15) is 18.1 Å². The molecule has 0 atom stereocenters. The van der Waals surface area contributed by atoms with Gasteiger partial charge in [0, 0.05) is 18.3 Å². The van der Waals surface area contributed by atoms with Crippen molar-refractivity contribution in [2.24, 2.45) is 0 Å². The summed E-state index contributed by atoms with van der Waals surface area (Å²) < 4.78 is 10.8. The number of nitrogens with zero attached hydrogens (tertiary/aromatic N) is 1. The van der Waals surface area contributed by atoms with Crippen molar-refractivity contribution in [3.8, 4) is 11.5 Å². The van der Waals surface area contributed by atoms with Crippen LogP contribution in [0.5, 0.6) is 11.5 Å². The largest absolute Gasteiger partial charge is 0.493 e. The topological polar surface area (TPSA) is 63.6 Å². The van der Waals surface area contributed by atoms with Gasteiger partial charge in [0.15, 0.2) is 11.5 Å². The van der Waals surface area contributed by atoms with Gasteiger partial charge in [0.1, 0.15) is 0 Å². The lowest BCUT2D eigenvalue weighted by Crippen LogP contribution is -2.04. The number of aromatic nitrogens is 1. The summed E-state index contributed by atoms with van der Waals surface area (Å²) in [4.78, 5) is 4.06. The van der Waals surface area contributed by atoms with Crippen LogP contribution < -0.4 is 14.8 Å². The number of hydrogen-bond acceptors (Lipinski definition) is 5. The van der Waals surface area contributed by atoms with E-state index in [2.05, 4.69) is 10.3 Å². The zero-order valence-corrected chi connectivity index (χ0v) is 12.3. The van der Waals surface area contributed by atoms with E-state index >= 15 is 0 Å². The summed E-state index contributed by atoms with van der Waals surface area (Å²) in [6.07, 6.45) is 3.37. The molecule has 0 saturated heterocycles. The van der Waals surface area contributed by atoms with Crippen LogP contribution in [-0.4, -0.2) is 23.8 Å². The number of benzene rings is 1. The van der Waals surface area contributed by atoms with E-state index in [0.717, 1.165) is 28.3 Å². The number of nitrogens with one attached hydrogen (secondary N) is 1. The maximum absolute atomic E-state index is 9.29. The number of methoxy groups -OCH3 is 1. The summed E-state index contributed by atoms with van der Waals surface area (Å²) in [6, 6.07) is 7.61. The maximum atomic E-state index is 9.29. The lowest BCUT2D eigenvalue weighted by molar-refractivity contribution is 0.282. The van der Waals surface area contributed by atoms with Gasteiger partial charge in [-0.15, -0.1) is 0 Å². The number of aliphatic hydroxyl groups is 1. The molecule has 0 aliphatic carbocycles. The van der Waals surface area contributed by atoms with Crippen molar-refractivity contribution in [1.82, 2.24) is 4.98 Å². The minimum Gasteiger partial charge on any atom is -0.493 e. The minimum absolute atomic E-state index is 0.0162. The van der Waals surface area contributed by atoms with Gasteiger partial charge in [0.2, 0.25) is 0 Å². The molecule has 0 aliphatic heterocycles. The predicted molar refractivity (Wildman–Crippen MR) is 81.6 cm³/mol. The standard InChI is InChI=1S/C16H20N2O3/c1-3-21-16-8-12(4-5-15(16)20-2)9-18-14-10-17-7-6-13(14)11-19/h4-8,10,18-19H,3,9,11H2,1-2H3. The van der Waals surface area contributed by atoms with E-state index in [1.165, 1.54) is 0 Å². The van der Waals surface area contributed by atoms with E-state index in [1.54, 1.807) is 25.6 Å². The van der Waals surface area contributed by atoms with Crippen molar-refractivity contribution in [2.45, 2.75) is 20.1 Å². The van der Waals surface area contributed by atoms with Gasteiger partial charge in [-0.3, -0.25) is 4.98 Å². The fourth-order valence-electron chi connectivity index (χ4n) is 2.02. The summed E-state index contributed by atoms with van der Waals surface area (Å²) in [5.41, 5.74) is 2.71. The lowest BCUT2D eigenvalue weighted by Gasteiger charge is -2.13. The third kappa shape index (κ3) is 3.86. The molecule has 2 N–H and O–H groups in total. The first-order chi connectivity index (χ1) is 10.3. The second-order valence-electron chi connectivity index (χ2n) is 4.46. The molecule has 0 fully saturated rings. The highest BCUT2D eigenvalue weighted by atomic mass is 16.5. The molecule has 1 aromatic carbocycles. The first kappa shape index (κ1) is 15.1. The first-order valence-electron chi connectivity index (χ1n) is 6.85. The summed E-state index contributed by atoms with van der Waals surface area (Å²) in [5.74, 6) is 1.45. The Hall–Kier alpha value is -2.27. The molecule has 0 bridgehead atoms. The van der Waals surface area contributed by atoms with E-state index < -0.39 is 0 Å². The van der Waals surface area contributed by atoms with Crippen LogP contribution >= 0.6 is 0 Å². The van der Waals surface area contributed by atoms with Crippen molar-refractivity contribution < 1.29 is 14.6 Å². The zero-order valence-electron chi connectivity index (χ0n) is 12.3. The van der Waals surface area contributed by atoms with Gasteiger partial charge in [-0.1, -0.05) is 6.07 Å². The molecule has 5 heteroatoms. The lowest BCUT2D eigenvalue weighted by atomic mass is 10.2. The smallest absolute Gasteiger partial charge is 0.161 e. The minimum atomic E-state index is -0.0162. The Balaban J connectivity index is 2.11. The molecule has 0 radical (unpaired) electrons. The van der Waals surface area contributed by atoms with Crippen molar-refractivity contribution >= 4 is 5.69 Å². The number of hydrogen-bond donors (Lipinski definition) is 2. The van der Waals surface area contributed by atoms with Crippen molar-refractivity contribution in [2.75, 3.05) is 19.0 Å². The SMILES string of the molecule is CCOc1cc(CNc2cnccc2CO)ccc1OC. The van der Waals surface area contributed by atoms with Crippen LogP contribution in [0.4, 0.5) is 5.69 Å². The number of rotatable bonds is 7. The van der Waals surface area contributed by atoms with Crippen LogP contribution in [0, 0.1) is 0 Å². The Morgan fingerprint density at radius 3 is 2.81 bits per heavy atom. The van der Waals surface area contributed by atoms with Gasteiger partial charge >= 0.3 is 0 Å². The Morgan fingerprint density at radius 1 is 1.24 bits per heavy atom. The van der Waals surface area contributed by atoms with Crippen LogP contribution in [-0.2, 0) is 13.2 Å². The summed E-state index contributed by atoms with van der Waals surface area (Å²) in [5, 5.41) is 12.6. The molecule has 2 aromatic rings. The predicted octanol–water partition coefficient (Wildman–Crippen LogP) is 2.59. The van der Waals surface area contributed by atoms with Gasteiger partial charge in [-0.05, 0) is 30.7 Å². The third-order valence-electron chi connectivity index (χ3n) is 3.09. The average molecular weight is 288 g/mol. The summed E-state index contributed by atoms with van der Waals surface area (Å²) in [6.45, 7) is 3.12. The van der Waals surface area contributed by atoms with Gasteiger partial charge in [0.05, 0.1) is 32.2 Å². The number of ether oxygens (including phenoxy) is 2. The Labute approximate surface area is 124 Å². The average Bonchev–Trinajstić information content (AvgIpc) is 2.53. The maximum Gasteiger partial charge on any atom is 0.161 e. The van der Waals surface area contributed by atoms with E-state index in [9.17, 15) is 5.11 Å². The van der Waals surface area contributed by atoms with Crippen LogP contribution in [0.3, 0.4) is 0 Å². The Bertz CT molecular complexity index is 587. The molecule has 0 amide bonds. The summed E-state index contributed by atoms with van der Waals surface area (Å²) in [7, 11) is 1.62. The van der Waals surface area contributed by atoms with Gasteiger partial charge in [-0.2, -0.15) is 0 Å². The molecule has 0 aliphatic rings. The molecule has 112 valence electrons. The quantitative estimate of drug-likeness (QED) is 0.820. The molecule has 2 rings (SSSR count). The normalized spacial score (nSPS) is 10.2. The van der Waals surface area contributed by atoms with E-state index in [1.807, 2.05) is 25.1 Å². The Morgan fingerprint density at radius 2 is 2.10 bits per heavy atom. The molecule has 0 spiro atoms. The van der Waals surface area contributed by atoms with Crippen LogP contribution in [0.2, 0.25) is 0 Å². The number of anilines is 1. The van der Waals surface area contributed by atoms with Crippen molar-refractivity contribution in [3.05, 3.63) is 47.8 Å². The molecule has 1 heterocycles. The van der Waals surface area contributed by atoms with Crippen LogP contribution in [0.25, 0.3) is 0 Å². The first-order valence-corrected chi connectivity index (χ1v) is 6.85. The highest BCUT2D eigenvalue weighted by Gasteiger charge is 2.06. The molecule has 5 nitrogen and oxygen atoms in total. The fourth-order valence-corrected chi connectivity index (χ4v) is 2.02. The molecule has 0 unspecified atom stereocenters. The van der Waals surface area contributed by atoms with Gasteiger partial charge in [-0.25, -0.2) is 0 Å². The molecule has 1 aromatic heterocycles. The third-order valence-corrected chi connectivity index (χ3v) is 3.09. The zero-order chi connectivity index (χ0) is 15.1. The second kappa shape index (κ2) is 7.50. The van der Waals surface area contributed by atoms with E-state index in [0.29, 0.717) is 13.2 Å². The Kier molecular flexibility index (Phi) is 5.40. The van der Waals surface area contributed by atoms with Crippen molar-refractivity contribution in [1.29, 1.82) is 0 Å². The molecule has 0 saturated carbocycles. The highest BCUT2D eigenvalue weighted by molar-refractivity contribution is 5.50. The fraction of sp³-hybridized carbons (Fsp3) is 0.312. The molecule has 21 heavy (non-hydrogen) atoms. The van der Waals surface area contributed by atoms with Crippen LogP contribution in [0.15, 0.2) is 36.7 Å². The van der Waals surface area contributed by atoms with Gasteiger partial charge < -0.3 is 19.9 Å². The van der Waals surface area contributed by atoms with E-state index in [-0.39, 0.29) is 6.61 Å². The second-order valence-corrected chi connectivity index (χ2v) is 4.46. The number of pyridine rings is 1. The van der Waals surface area contributed by atoms with E-state index in [4.69, 9.17) is 9.47 Å². The highest BCUT2D eigenvalue weighted by Crippen LogP contribution is 2.28. The van der Waals surface area contributed by atoms with Gasteiger partial charge in [0.25, 0.3) is 0 Å². The summed E-state index contributed by atoms with van der Waals surface area (Å²) >= 11 is 0.